The van der Waals surface area contributed by atoms with Gasteiger partial charge in [-0.15, -0.1) is 0 Å². The van der Waals surface area contributed by atoms with Crippen LogP contribution in [0.2, 0.25) is 0 Å². The van der Waals surface area contributed by atoms with Crippen molar-refractivity contribution in [1.82, 2.24) is 4.98 Å². The monoisotopic (exact) mass is 227 g/mol. The first-order chi connectivity index (χ1) is 8.04. The predicted octanol–water partition coefficient (Wildman–Crippen LogP) is 3.93. The van der Waals surface area contributed by atoms with Gasteiger partial charge in [0.15, 0.2) is 0 Å². The molecular weight excluding hydrogens is 210 g/mol. The van der Waals surface area contributed by atoms with Gasteiger partial charge in [-0.25, -0.2) is 4.98 Å². The summed E-state index contributed by atoms with van der Waals surface area (Å²) in [5.41, 5.74) is 1.82. The SMILES string of the molecule is CC(C)(C)Oc1cccc(-c2ccccc2)n1. The number of pyridine rings is 1. The zero-order valence-corrected chi connectivity index (χ0v) is 10.5. The summed E-state index contributed by atoms with van der Waals surface area (Å²) in [5.74, 6) is 0.666. The van der Waals surface area contributed by atoms with Gasteiger partial charge in [0.2, 0.25) is 5.88 Å². The fraction of sp³-hybridized carbons (Fsp3) is 0.267. The molecule has 0 radical (unpaired) electrons. The fourth-order valence-electron chi connectivity index (χ4n) is 1.56. The molecule has 2 aromatic rings. The van der Waals surface area contributed by atoms with Gasteiger partial charge < -0.3 is 4.74 Å². The second-order valence-corrected chi connectivity index (χ2v) is 4.94. The first-order valence-electron chi connectivity index (χ1n) is 5.76. The van der Waals surface area contributed by atoms with Gasteiger partial charge in [0.1, 0.15) is 5.60 Å². The topological polar surface area (TPSA) is 22.1 Å². The van der Waals surface area contributed by atoms with E-state index in [-0.39, 0.29) is 5.60 Å². The third-order valence-corrected chi connectivity index (χ3v) is 2.20. The molecule has 0 unspecified atom stereocenters. The van der Waals surface area contributed by atoms with Crippen molar-refractivity contribution in [3.8, 4) is 17.1 Å². The van der Waals surface area contributed by atoms with Gasteiger partial charge in [0, 0.05) is 11.6 Å². The van der Waals surface area contributed by atoms with E-state index in [4.69, 9.17) is 4.74 Å². The molecule has 0 amide bonds. The highest BCUT2D eigenvalue weighted by Gasteiger charge is 2.12. The van der Waals surface area contributed by atoms with Crippen LogP contribution in [0.1, 0.15) is 20.8 Å². The van der Waals surface area contributed by atoms with Gasteiger partial charge in [0.05, 0.1) is 5.69 Å². The van der Waals surface area contributed by atoms with Crippen LogP contribution in [0.3, 0.4) is 0 Å². The fourth-order valence-corrected chi connectivity index (χ4v) is 1.56. The van der Waals surface area contributed by atoms with E-state index in [2.05, 4.69) is 4.98 Å². The number of ether oxygens (including phenoxy) is 1. The normalized spacial score (nSPS) is 11.2. The summed E-state index contributed by atoms with van der Waals surface area (Å²) >= 11 is 0. The molecule has 1 aromatic carbocycles. The number of nitrogens with zero attached hydrogens (tertiary/aromatic N) is 1. The molecule has 2 heteroatoms. The Kier molecular flexibility index (Phi) is 3.14. The Labute approximate surface area is 102 Å². The average Bonchev–Trinajstić information content (AvgIpc) is 2.28. The maximum atomic E-state index is 5.75. The second kappa shape index (κ2) is 4.58. The molecule has 2 nitrogen and oxygen atoms in total. The molecule has 0 bridgehead atoms. The Bertz CT molecular complexity index is 486. The summed E-state index contributed by atoms with van der Waals surface area (Å²) in [6, 6.07) is 16.0. The Morgan fingerprint density at radius 2 is 1.59 bits per heavy atom. The van der Waals surface area contributed by atoms with Gasteiger partial charge >= 0.3 is 0 Å². The van der Waals surface area contributed by atoms with Crippen LogP contribution in [0.4, 0.5) is 0 Å². The van der Waals surface area contributed by atoms with Crippen LogP contribution >= 0.6 is 0 Å². The number of benzene rings is 1. The molecule has 1 heterocycles. The van der Waals surface area contributed by atoms with Gasteiger partial charge in [-0.2, -0.15) is 0 Å². The smallest absolute Gasteiger partial charge is 0.214 e. The lowest BCUT2D eigenvalue weighted by molar-refractivity contribution is 0.124. The molecular formula is C15H17NO. The lowest BCUT2D eigenvalue weighted by atomic mass is 10.1. The molecule has 88 valence electrons. The van der Waals surface area contributed by atoms with Crippen molar-refractivity contribution >= 4 is 0 Å². The van der Waals surface area contributed by atoms with Crippen LogP contribution < -0.4 is 4.74 Å². The van der Waals surface area contributed by atoms with Gasteiger partial charge in [-0.3, -0.25) is 0 Å². The molecule has 0 aliphatic carbocycles. The standard InChI is InChI=1S/C15H17NO/c1-15(2,3)17-14-11-7-10-13(16-14)12-8-5-4-6-9-12/h4-11H,1-3H3. The van der Waals surface area contributed by atoms with Crippen LogP contribution in [0.5, 0.6) is 5.88 Å². The van der Waals surface area contributed by atoms with Crippen molar-refractivity contribution in [2.24, 2.45) is 0 Å². The van der Waals surface area contributed by atoms with Crippen molar-refractivity contribution in [3.05, 3.63) is 48.5 Å². The third-order valence-electron chi connectivity index (χ3n) is 2.20. The number of hydrogen-bond donors (Lipinski definition) is 0. The lowest BCUT2D eigenvalue weighted by Crippen LogP contribution is -2.23. The summed E-state index contributed by atoms with van der Waals surface area (Å²) in [7, 11) is 0. The lowest BCUT2D eigenvalue weighted by Gasteiger charge is -2.20. The minimum absolute atomic E-state index is 0.220. The van der Waals surface area contributed by atoms with Crippen molar-refractivity contribution in [2.75, 3.05) is 0 Å². The van der Waals surface area contributed by atoms with Crippen molar-refractivity contribution < 1.29 is 4.74 Å². The second-order valence-electron chi connectivity index (χ2n) is 4.94. The highest BCUT2D eigenvalue weighted by Crippen LogP contribution is 2.21. The van der Waals surface area contributed by atoms with E-state index < -0.39 is 0 Å². The largest absolute Gasteiger partial charge is 0.472 e. The quantitative estimate of drug-likeness (QED) is 0.775. The summed E-state index contributed by atoms with van der Waals surface area (Å²) in [5, 5.41) is 0. The molecule has 17 heavy (non-hydrogen) atoms. The van der Waals surface area contributed by atoms with E-state index >= 15 is 0 Å². The maximum absolute atomic E-state index is 5.75. The molecule has 0 fully saturated rings. The number of hydrogen-bond acceptors (Lipinski definition) is 2. The minimum atomic E-state index is -0.220. The Morgan fingerprint density at radius 3 is 2.24 bits per heavy atom. The van der Waals surface area contributed by atoms with Gasteiger partial charge in [0.25, 0.3) is 0 Å². The van der Waals surface area contributed by atoms with Crippen molar-refractivity contribution in [2.45, 2.75) is 26.4 Å². The zero-order chi connectivity index (χ0) is 12.3. The summed E-state index contributed by atoms with van der Waals surface area (Å²) in [6.07, 6.45) is 0. The van der Waals surface area contributed by atoms with E-state index in [1.54, 1.807) is 0 Å². The first-order valence-corrected chi connectivity index (χ1v) is 5.76. The van der Waals surface area contributed by atoms with Crippen LogP contribution in [0.25, 0.3) is 11.3 Å². The van der Waals surface area contributed by atoms with E-state index in [1.165, 1.54) is 0 Å². The molecule has 2 rings (SSSR count). The van der Waals surface area contributed by atoms with Crippen molar-refractivity contribution in [3.63, 3.8) is 0 Å². The Morgan fingerprint density at radius 1 is 0.882 bits per heavy atom. The summed E-state index contributed by atoms with van der Waals surface area (Å²) < 4.78 is 5.75. The molecule has 0 spiro atoms. The highest BCUT2D eigenvalue weighted by atomic mass is 16.5. The molecule has 0 aliphatic rings. The Hall–Kier alpha value is -1.83. The summed E-state index contributed by atoms with van der Waals surface area (Å²) in [6.45, 7) is 6.05. The molecule has 0 atom stereocenters. The van der Waals surface area contributed by atoms with E-state index in [9.17, 15) is 0 Å². The number of aromatic nitrogens is 1. The maximum Gasteiger partial charge on any atom is 0.214 e. The zero-order valence-electron chi connectivity index (χ0n) is 10.5. The number of rotatable bonds is 2. The van der Waals surface area contributed by atoms with E-state index in [1.807, 2.05) is 69.3 Å². The summed E-state index contributed by atoms with van der Waals surface area (Å²) in [4.78, 5) is 4.51. The van der Waals surface area contributed by atoms with Crippen molar-refractivity contribution in [1.29, 1.82) is 0 Å². The molecule has 0 N–H and O–H groups in total. The van der Waals surface area contributed by atoms with Gasteiger partial charge in [-0.1, -0.05) is 36.4 Å². The molecule has 0 aliphatic heterocycles. The van der Waals surface area contributed by atoms with Gasteiger partial charge in [-0.05, 0) is 26.8 Å². The first kappa shape index (κ1) is 11.6. The van der Waals surface area contributed by atoms with E-state index in [0.717, 1.165) is 11.3 Å². The molecule has 0 saturated heterocycles. The third kappa shape index (κ3) is 3.31. The highest BCUT2D eigenvalue weighted by molar-refractivity contribution is 5.59. The van der Waals surface area contributed by atoms with Crippen LogP contribution in [0, 0.1) is 0 Å². The average molecular weight is 227 g/mol. The van der Waals surface area contributed by atoms with Crippen LogP contribution in [-0.4, -0.2) is 10.6 Å². The van der Waals surface area contributed by atoms with Crippen LogP contribution in [-0.2, 0) is 0 Å². The predicted molar refractivity (Wildman–Crippen MR) is 70.1 cm³/mol. The minimum Gasteiger partial charge on any atom is -0.472 e. The van der Waals surface area contributed by atoms with E-state index in [0.29, 0.717) is 5.88 Å². The molecule has 1 aromatic heterocycles. The Balaban J connectivity index is 2.29. The van der Waals surface area contributed by atoms with Crippen LogP contribution in [0.15, 0.2) is 48.5 Å². The molecule has 0 saturated carbocycles.